The normalized spacial score (nSPS) is 18.9. The number of hydrogen-bond acceptors (Lipinski definition) is 3. The molecule has 1 saturated heterocycles. The third-order valence-corrected chi connectivity index (χ3v) is 3.43. The van der Waals surface area contributed by atoms with Crippen molar-refractivity contribution in [3.8, 4) is 0 Å². The van der Waals surface area contributed by atoms with E-state index in [2.05, 4.69) is 10.3 Å². The molecule has 0 bridgehead atoms. The lowest BCUT2D eigenvalue weighted by atomic mass is 10.2. The molecule has 0 saturated carbocycles. The van der Waals surface area contributed by atoms with Crippen LogP contribution in [0.2, 0.25) is 0 Å². The monoisotopic (exact) mass is 301 g/mol. The van der Waals surface area contributed by atoms with E-state index in [0.717, 1.165) is 25.1 Å². The standard InChI is InChI=1S/C14H18F3N3O/c1-2-3-13(21)19-11-6-7-20(9-11)12-5-4-10(8-18-12)14(15,16)17/h4-5,8,11H,2-3,6-7,9H2,1H3,(H,19,21). The summed E-state index contributed by atoms with van der Waals surface area (Å²) in [6, 6.07) is 2.44. The molecule has 0 aromatic carbocycles. The van der Waals surface area contributed by atoms with Gasteiger partial charge in [0.1, 0.15) is 5.82 Å². The van der Waals surface area contributed by atoms with Crippen LogP contribution in [0.4, 0.5) is 19.0 Å². The lowest BCUT2D eigenvalue weighted by Gasteiger charge is -2.18. The molecule has 1 aromatic heterocycles. The zero-order valence-electron chi connectivity index (χ0n) is 11.8. The van der Waals surface area contributed by atoms with Crippen molar-refractivity contribution in [1.82, 2.24) is 10.3 Å². The second-order valence-corrected chi connectivity index (χ2v) is 5.15. The minimum absolute atomic E-state index is 0.0183. The number of halogens is 3. The summed E-state index contributed by atoms with van der Waals surface area (Å²) in [6.07, 6.45) is -1.46. The van der Waals surface area contributed by atoms with Gasteiger partial charge in [-0.2, -0.15) is 13.2 Å². The van der Waals surface area contributed by atoms with E-state index in [9.17, 15) is 18.0 Å². The maximum absolute atomic E-state index is 12.5. The second kappa shape index (κ2) is 6.32. The van der Waals surface area contributed by atoms with Crippen molar-refractivity contribution in [3.63, 3.8) is 0 Å². The Labute approximate surface area is 121 Å². The summed E-state index contributed by atoms with van der Waals surface area (Å²) in [7, 11) is 0. The van der Waals surface area contributed by atoms with Crippen LogP contribution in [0.5, 0.6) is 0 Å². The van der Waals surface area contributed by atoms with Crippen LogP contribution in [0.25, 0.3) is 0 Å². The van der Waals surface area contributed by atoms with Crippen LogP contribution < -0.4 is 10.2 Å². The third kappa shape index (κ3) is 4.09. The van der Waals surface area contributed by atoms with Gasteiger partial charge in [0.05, 0.1) is 5.56 Å². The van der Waals surface area contributed by atoms with E-state index in [1.54, 1.807) is 0 Å². The Bertz CT molecular complexity index is 487. The minimum atomic E-state index is -4.37. The smallest absolute Gasteiger partial charge is 0.354 e. The first kappa shape index (κ1) is 15.6. The first-order valence-corrected chi connectivity index (χ1v) is 6.97. The fourth-order valence-corrected chi connectivity index (χ4v) is 2.35. The molecule has 0 spiro atoms. The summed E-state index contributed by atoms with van der Waals surface area (Å²) in [5, 5.41) is 2.93. The first-order valence-electron chi connectivity index (χ1n) is 6.97. The molecular formula is C14H18F3N3O. The first-order chi connectivity index (χ1) is 9.90. The molecule has 1 atom stereocenters. The quantitative estimate of drug-likeness (QED) is 0.930. The SMILES string of the molecule is CCCC(=O)NC1CCN(c2ccc(C(F)(F)F)cn2)C1. The molecule has 1 unspecified atom stereocenters. The molecule has 1 fully saturated rings. The summed E-state index contributed by atoms with van der Waals surface area (Å²) < 4.78 is 37.4. The van der Waals surface area contributed by atoms with Crippen molar-refractivity contribution in [3.05, 3.63) is 23.9 Å². The van der Waals surface area contributed by atoms with E-state index in [0.29, 0.717) is 25.3 Å². The molecule has 0 aliphatic carbocycles. The van der Waals surface area contributed by atoms with E-state index in [1.807, 2.05) is 11.8 Å². The number of carbonyl (C=O) groups is 1. The van der Waals surface area contributed by atoms with Crippen molar-refractivity contribution in [1.29, 1.82) is 0 Å². The van der Waals surface area contributed by atoms with E-state index in [-0.39, 0.29) is 11.9 Å². The van der Waals surface area contributed by atoms with E-state index >= 15 is 0 Å². The van der Waals surface area contributed by atoms with Gasteiger partial charge in [-0.15, -0.1) is 0 Å². The Morgan fingerprint density at radius 2 is 2.24 bits per heavy atom. The summed E-state index contributed by atoms with van der Waals surface area (Å²) in [5.41, 5.74) is -0.752. The van der Waals surface area contributed by atoms with Crippen LogP contribution in [0.15, 0.2) is 18.3 Å². The fourth-order valence-electron chi connectivity index (χ4n) is 2.35. The average molecular weight is 301 g/mol. The molecule has 2 rings (SSSR count). The van der Waals surface area contributed by atoms with Crippen LogP contribution in [0.3, 0.4) is 0 Å². The summed E-state index contributed by atoms with van der Waals surface area (Å²) in [6.45, 7) is 3.19. The van der Waals surface area contributed by atoms with Gasteiger partial charge in [-0.1, -0.05) is 6.92 Å². The number of aromatic nitrogens is 1. The Morgan fingerprint density at radius 1 is 1.48 bits per heavy atom. The van der Waals surface area contributed by atoms with Crippen LogP contribution in [-0.4, -0.2) is 30.0 Å². The van der Waals surface area contributed by atoms with E-state index in [1.165, 1.54) is 6.07 Å². The number of carbonyl (C=O) groups excluding carboxylic acids is 1. The maximum atomic E-state index is 12.5. The molecule has 2 heterocycles. The molecule has 116 valence electrons. The van der Waals surface area contributed by atoms with Crippen LogP contribution >= 0.6 is 0 Å². The molecule has 1 aliphatic rings. The van der Waals surface area contributed by atoms with E-state index in [4.69, 9.17) is 0 Å². The number of hydrogen-bond donors (Lipinski definition) is 1. The Morgan fingerprint density at radius 3 is 2.81 bits per heavy atom. The van der Waals surface area contributed by atoms with Gasteiger partial charge in [0.15, 0.2) is 0 Å². The van der Waals surface area contributed by atoms with Crippen molar-refractivity contribution in [2.45, 2.75) is 38.4 Å². The largest absolute Gasteiger partial charge is 0.417 e. The Kier molecular flexibility index (Phi) is 4.69. The third-order valence-electron chi connectivity index (χ3n) is 3.43. The van der Waals surface area contributed by atoms with Gasteiger partial charge in [0.25, 0.3) is 0 Å². The second-order valence-electron chi connectivity index (χ2n) is 5.15. The van der Waals surface area contributed by atoms with Gasteiger partial charge in [-0.05, 0) is 25.0 Å². The van der Waals surface area contributed by atoms with Crippen LogP contribution in [0.1, 0.15) is 31.7 Å². The number of amides is 1. The number of nitrogens with one attached hydrogen (secondary N) is 1. The van der Waals surface area contributed by atoms with Gasteiger partial charge in [0, 0.05) is 31.7 Å². The van der Waals surface area contributed by atoms with Crippen molar-refractivity contribution in [2.24, 2.45) is 0 Å². The molecule has 1 N–H and O–H groups in total. The molecule has 0 radical (unpaired) electrons. The van der Waals surface area contributed by atoms with E-state index < -0.39 is 11.7 Å². The predicted molar refractivity (Wildman–Crippen MR) is 72.9 cm³/mol. The highest BCUT2D eigenvalue weighted by Gasteiger charge is 2.31. The summed E-state index contributed by atoms with van der Waals surface area (Å²) >= 11 is 0. The van der Waals surface area contributed by atoms with Gasteiger partial charge in [-0.3, -0.25) is 4.79 Å². The van der Waals surface area contributed by atoms with Crippen molar-refractivity contribution < 1.29 is 18.0 Å². The Balaban J connectivity index is 1.94. The number of anilines is 1. The molecule has 1 aromatic rings. The van der Waals surface area contributed by atoms with Gasteiger partial charge in [-0.25, -0.2) is 4.98 Å². The zero-order valence-corrected chi connectivity index (χ0v) is 11.8. The molecule has 7 heteroatoms. The molecular weight excluding hydrogens is 283 g/mol. The number of rotatable bonds is 4. The average Bonchev–Trinajstić information content (AvgIpc) is 2.86. The number of pyridine rings is 1. The maximum Gasteiger partial charge on any atom is 0.417 e. The predicted octanol–water partition coefficient (Wildman–Crippen LogP) is 2.60. The van der Waals surface area contributed by atoms with Crippen molar-refractivity contribution in [2.75, 3.05) is 18.0 Å². The molecule has 21 heavy (non-hydrogen) atoms. The minimum Gasteiger partial charge on any atom is -0.354 e. The molecule has 4 nitrogen and oxygen atoms in total. The van der Waals surface area contributed by atoms with Crippen LogP contribution in [-0.2, 0) is 11.0 Å². The topological polar surface area (TPSA) is 45.2 Å². The number of alkyl halides is 3. The fraction of sp³-hybridized carbons (Fsp3) is 0.571. The highest BCUT2D eigenvalue weighted by molar-refractivity contribution is 5.76. The van der Waals surface area contributed by atoms with Crippen LogP contribution in [0, 0.1) is 0 Å². The summed E-state index contributed by atoms with van der Waals surface area (Å²) in [4.78, 5) is 17.3. The number of nitrogens with zero attached hydrogens (tertiary/aromatic N) is 2. The molecule has 1 amide bonds. The van der Waals surface area contributed by atoms with Crippen molar-refractivity contribution >= 4 is 11.7 Å². The zero-order chi connectivity index (χ0) is 15.5. The summed E-state index contributed by atoms with van der Waals surface area (Å²) in [5.74, 6) is 0.528. The van der Waals surface area contributed by atoms with Gasteiger partial charge >= 0.3 is 6.18 Å². The van der Waals surface area contributed by atoms with Gasteiger partial charge in [0.2, 0.25) is 5.91 Å². The molecule has 1 aliphatic heterocycles. The highest BCUT2D eigenvalue weighted by Crippen LogP contribution is 2.29. The lowest BCUT2D eigenvalue weighted by molar-refractivity contribution is -0.137. The Hall–Kier alpha value is -1.79. The van der Waals surface area contributed by atoms with Gasteiger partial charge < -0.3 is 10.2 Å². The highest BCUT2D eigenvalue weighted by atomic mass is 19.4. The lowest BCUT2D eigenvalue weighted by Crippen LogP contribution is -2.37.